The van der Waals surface area contributed by atoms with Crippen molar-refractivity contribution in [1.29, 1.82) is 5.26 Å². The van der Waals surface area contributed by atoms with Crippen molar-refractivity contribution in [2.45, 2.75) is 13.0 Å². The lowest BCUT2D eigenvalue weighted by Gasteiger charge is -2.25. The normalized spacial score (nSPS) is 12.5. The molecule has 3 nitrogen and oxygen atoms in total. The van der Waals surface area contributed by atoms with Crippen LogP contribution >= 0.6 is 23.2 Å². The molecular weight excluding hydrogens is 259 g/mol. The molecule has 17 heavy (non-hydrogen) atoms. The minimum absolute atomic E-state index is 0.0111. The molecule has 0 bridgehead atoms. The van der Waals surface area contributed by atoms with Gasteiger partial charge in [0.25, 0.3) is 0 Å². The topological polar surface area (TPSA) is 47.3 Å². The van der Waals surface area contributed by atoms with Crippen molar-refractivity contribution in [2.24, 2.45) is 0 Å². The Labute approximate surface area is 111 Å². The second kappa shape index (κ2) is 6.83. The van der Waals surface area contributed by atoms with Crippen molar-refractivity contribution < 1.29 is 5.11 Å². The van der Waals surface area contributed by atoms with Gasteiger partial charge in [0.15, 0.2) is 0 Å². The highest BCUT2D eigenvalue weighted by Crippen LogP contribution is 2.29. The largest absolute Gasteiger partial charge is 0.395 e. The van der Waals surface area contributed by atoms with Crippen LogP contribution in [0.1, 0.15) is 18.5 Å². The first kappa shape index (κ1) is 14.3. The summed E-state index contributed by atoms with van der Waals surface area (Å²) in [4.78, 5) is 1.86. The predicted octanol–water partition coefficient (Wildman–Crippen LogP) is 2.87. The zero-order valence-corrected chi connectivity index (χ0v) is 11.0. The SMILES string of the molecule is CCN(CCO)C(C#N)c1ccc(Cl)cc1Cl. The van der Waals surface area contributed by atoms with Crippen LogP contribution in [0.5, 0.6) is 0 Å². The van der Waals surface area contributed by atoms with Gasteiger partial charge >= 0.3 is 0 Å². The molecule has 0 fully saturated rings. The average Bonchev–Trinajstić information content (AvgIpc) is 2.31. The summed E-state index contributed by atoms with van der Waals surface area (Å²) in [6, 6.07) is 6.82. The van der Waals surface area contributed by atoms with Gasteiger partial charge in [0.05, 0.1) is 12.7 Å². The van der Waals surface area contributed by atoms with Crippen LogP contribution in [0.3, 0.4) is 0 Å². The number of likely N-dealkylation sites (N-methyl/N-ethyl adjacent to an activating group) is 1. The average molecular weight is 273 g/mol. The van der Waals surface area contributed by atoms with Crippen LogP contribution in [0.15, 0.2) is 18.2 Å². The Bertz CT molecular complexity index is 417. The van der Waals surface area contributed by atoms with Gasteiger partial charge in [-0.25, -0.2) is 0 Å². The molecule has 0 spiro atoms. The second-order valence-corrected chi connectivity index (χ2v) is 4.39. The Morgan fingerprint density at radius 2 is 2.18 bits per heavy atom. The molecule has 5 heteroatoms. The third-order valence-electron chi connectivity index (χ3n) is 2.54. The first-order valence-electron chi connectivity index (χ1n) is 5.33. The summed E-state index contributed by atoms with van der Waals surface area (Å²) in [5.74, 6) is 0. The molecule has 1 N–H and O–H groups in total. The van der Waals surface area contributed by atoms with Gasteiger partial charge < -0.3 is 5.11 Å². The number of rotatable bonds is 5. The fraction of sp³-hybridized carbons (Fsp3) is 0.417. The van der Waals surface area contributed by atoms with E-state index in [1.54, 1.807) is 18.2 Å². The Kier molecular flexibility index (Phi) is 5.73. The molecular formula is C12H14Cl2N2O. The lowest BCUT2D eigenvalue weighted by Crippen LogP contribution is -2.30. The fourth-order valence-electron chi connectivity index (χ4n) is 1.67. The first-order valence-corrected chi connectivity index (χ1v) is 6.09. The number of aliphatic hydroxyl groups excluding tert-OH is 1. The van der Waals surface area contributed by atoms with Crippen LogP contribution in [0.2, 0.25) is 10.0 Å². The maximum absolute atomic E-state index is 9.24. The van der Waals surface area contributed by atoms with Crippen LogP contribution in [0.4, 0.5) is 0 Å². The van der Waals surface area contributed by atoms with E-state index < -0.39 is 6.04 Å². The highest BCUT2D eigenvalue weighted by molar-refractivity contribution is 6.35. The van der Waals surface area contributed by atoms with E-state index in [0.717, 1.165) is 0 Å². The third-order valence-corrected chi connectivity index (χ3v) is 3.10. The van der Waals surface area contributed by atoms with E-state index in [1.165, 1.54) is 0 Å². The molecule has 1 rings (SSSR count). The van der Waals surface area contributed by atoms with Crippen LogP contribution in [0.25, 0.3) is 0 Å². The number of benzene rings is 1. The van der Waals surface area contributed by atoms with E-state index in [1.807, 2.05) is 11.8 Å². The van der Waals surface area contributed by atoms with Gasteiger partial charge in [-0.3, -0.25) is 4.90 Å². The van der Waals surface area contributed by atoms with Gasteiger partial charge in [-0.15, -0.1) is 0 Å². The molecule has 0 heterocycles. The van der Waals surface area contributed by atoms with Gasteiger partial charge in [0.1, 0.15) is 6.04 Å². The van der Waals surface area contributed by atoms with Crippen molar-refractivity contribution in [2.75, 3.05) is 19.7 Å². The number of nitrogens with zero attached hydrogens (tertiary/aromatic N) is 2. The van der Waals surface area contributed by atoms with Crippen LogP contribution < -0.4 is 0 Å². The molecule has 1 unspecified atom stereocenters. The number of halogens is 2. The fourth-order valence-corrected chi connectivity index (χ4v) is 2.18. The van der Waals surface area contributed by atoms with E-state index >= 15 is 0 Å². The van der Waals surface area contributed by atoms with Crippen molar-refractivity contribution in [3.63, 3.8) is 0 Å². The van der Waals surface area contributed by atoms with Crippen LogP contribution in [-0.2, 0) is 0 Å². The zero-order chi connectivity index (χ0) is 12.8. The minimum atomic E-state index is -0.461. The number of aliphatic hydroxyl groups is 1. The van der Waals surface area contributed by atoms with E-state index in [2.05, 4.69) is 6.07 Å². The number of hydrogen-bond acceptors (Lipinski definition) is 3. The Hall–Kier alpha value is -0.790. The van der Waals surface area contributed by atoms with Gasteiger partial charge in [0.2, 0.25) is 0 Å². The molecule has 0 aliphatic carbocycles. The smallest absolute Gasteiger partial charge is 0.125 e. The number of nitriles is 1. The molecule has 0 aliphatic rings. The quantitative estimate of drug-likeness (QED) is 0.897. The van der Waals surface area contributed by atoms with Crippen molar-refractivity contribution >= 4 is 23.2 Å². The lowest BCUT2D eigenvalue weighted by atomic mass is 10.1. The van der Waals surface area contributed by atoms with E-state index in [0.29, 0.717) is 28.7 Å². The molecule has 0 amide bonds. The van der Waals surface area contributed by atoms with Gasteiger partial charge in [0, 0.05) is 22.2 Å². The van der Waals surface area contributed by atoms with Gasteiger partial charge in [-0.05, 0) is 18.7 Å². The molecule has 0 radical (unpaired) electrons. The summed E-state index contributed by atoms with van der Waals surface area (Å²) in [7, 11) is 0. The van der Waals surface area contributed by atoms with E-state index in [4.69, 9.17) is 28.3 Å². The summed E-state index contributed by atoms with van der Waals surface area (Å²) in [6.45, 7) is 3.05. The molecule has 1 aromatic rings. The molecule has 1 atom stereocenters. The van der Waals surface area contributed by atoms with Crippen molar-refractivity contribution in [3.8, 4) is 6.07 Å². The molecule has 92 valence electrons. The van der Waals surface area contributed by atoms with Crippen molar-refractivity contribution in [1.82, 2.24) is 4.90 Å². The maximum Gasteiger partial charge on any atom is 0.125 e. The predicted molar refractivity (Wildman–Crippen MR) is 69.1 cm³/mol. The van der Waals surface area contributed by atoms with Gasteiger partial charge in [-0.2, -0.15) is 5.26 Å². The lowest BCUT2D eigenvalue weighted by molar-refractivity contribution is 0.180. The molecule has 0 aliphatic heterocycles. The summed E-state index contributed by atoms with van der Waals surface area (Å²) in [5, 5.41) is 19.2. The maximum atomic E-state index is 9.24. The highest BCUT2D eigenvalue weighted by atomic mass is 35.5. The third kappa shape index (κ3) is 3.58. The summed E-state index contributed by atoms with van der Waals surface area (Å²) in [6.07, 6.45) is 0. The standard InChI is InChI=1S/C12H14Cl2N2O/c1-2-16(5-6-17)12(8-15)10-4-3-9(13)7-11(10)14/h3-4,7,12,17H,2,5-6H2,1H3. The second-order valence-electron chi connectivity index (χ2n) is 3.55. The summed E-state index contributed by atoms with van der Waals surface area (Å²) >= 11 is 11.9. The van der Waals surface area contributed by atoms with Crippen LogP contribution in [0, 0.1) is 11.3 Å². The molecule has 0 aromatic heterocycles. The summed E-state index contributed by atoms with van der Waals surface area (Å²) in [5.41, 5.74) is 0.717. The Morgan fingerprint density at radius 1 is 1.47 bits per heavy atom. The molecule has 1 aromatic carbocycles. The van der Waals surface area contributed by atoms with Crippen LogP contribution in [-0.4, -0.2) is 29.7 Å². The summed E-state index contributed by atoms with van der Waals surface area (Å²) < 4.78 is 0. The Balaban J connectivity index is 3.04. The van der Waals surface area contributed by atoms with Gasteiger partial charge in [-0.1, -0.05) is 36.2 Å². The van der Waals surface area contributed by atoms with E-state index in [-0.39, 0.29) is 6.61 Å². The van der Waals surface area contributed by atoms with E-state index in [9.17, 15) is 5.26 Å². The van der Waals surface area contributed by atoms with Crippen molar-refractivity contribution in [3.05, 3.63) is 33.8 Å². The monoisotopic (exact) mass is 272 g/mol. The zero-order valence-electron chi connectivity index (χ0n) is 9.53. The minimum Gasteiger partial charge on any atom is -0.395 e. The molecule has 0 saturated heterocycles. The Morgan fingerprint density at radius 3 is 2.65 bits per heavy atom. The first-order chi connectivity index (χ1) is 8.13. The molecule has 0 saturated carbocycles. The number of hydrogen-bond donors (Lipinski definition) is 1. The highest BCUT2D eigenvalue weighted by Gasteiger charge is 2.20.